The molecule has 0 aliphatic heterocycles. The zero-order valence-electron chi connectivity index (χ0n) is 9.83. The van der Waals surface area contributed by atoms with Gasteiger partial charge in [-0.2, -0.15) is 0 Å². The molecule has 0 aromatic carbocycles. The summed E-state index contributed by atoms with van der Waals surface area (Å²) in [5, 5.41) is 11.0. The van der Waals surface area contributed by atoms with Crippen molar-refractivity contribution in [3.05, 3.63) is 23.5 Å². The van der Waals surface area contributed by atoms with Gasteiger partial charge in [0.05, 0.1) is 5.69 Å². The van der Waals surface area contributed by atoms with Crippen LogP contribution in [0.3, 0.4) is 0 Å². The molecule has 0 amide bonds. The Kier molecular flexibility index (Phi) is 3.44. The van der Waals surface area contributed by atoms with Gasteiger partial charge in [-0.15, -0.1) is 11.3 Å². The number of imidazole rings is 1. The first-order chi connectivity index (χ1) is 8.11. The van der Waals surface area contributed by atoms with Gasteiger partial charge in [0.1, 0.15) is 6.04 Å². The Bertz CT molecular complexity index is 491. The third-order valence-electron chi connectivity index (χ3n) is 2.76. The van der Waals surface area contributed by atoms with Crippen LogP contribution in [0.25, 0.3) is 4.96 Å². The number of nitrogens with zero attached hydrogens (tertiary/aromatic N) is 3. The summed E-state index contributed by atoms with van der Waals surface area (Å²) < 4.78 is 1.95. The second kappa shape index (κ2) is 4.85. The summed E-state index contributed by atoms with van der Waals surface area (Å²) in [5.41, 5.74) is 0.902. The van der Waals surface area contributed by atoms with Crippen LogP contribution in [0, 0.1) is 0 Å². The van der Waals surface area contributed by atoms with Crippen molar-refractivity contribution in [1.82, 2.24) is 14.3 Å². The Morgan fingerprint density at radius 2 is 2.47 bits per heavy atom. The first kappa shape index (κ1) is 12.1. The highest BCUT2D eigenvalue weighted by molar-refractivity contribution is 7.15. The van der Waals surface area contributed by atoms with Crippen molar-refractivity contribution in [2.24, 2.45) is 0 Å². The number of aliphatic carboxylic acids is 1. The van der Waals surface area contributed by atoms with Gasteiger partial charge in [-0.3, -0.25) is 14.1 Å². The van der Waals surface area contributed by atoms with E-state index in [0.29, 0.717) is 13.0 Å². The third kappa shape index (κ3) is 2.48. The van der Waals surface area contributed by atoms with Gasteiger partial charge in [0.25, 0.3) is 0 Å². The summed E-state index contributed by atoms with van der Waals surface area (Å²) in [6.07, 6.45) is 4.48. The normalized spacial score (nSPS) is 13.4. The number of aromatic nitrogens is 2. The molecule has 5 nitrogen and oxygen atoms in total. The molecule has 6 heteroatoms. The summed E-state index contributed by atoms with van der Waals surface area (Å²) in [6.45, 7) is 2.43. The van der Waals surface area contributed by atoms with Crippen molar-refractivity contribution in [3.8, 4) is 0 Å². The Hall–Kier alpha value is -1.40. The Morgan fingerprint density at radius 1 is 1.71 bits per heavy atom. The highest BCUT2D eigenvalue weighted by Gasteiger charge is 2.21. The second-order valence-corrected chi connectivity index (χ2v) is 4.88. The molecule has 0 bridgehead atoms. The fourth-order valence-corrected chi connectivity index (χ4v) is 2.61. The van der Waals surface area contributed by atoms with E-state index in [2.05, 4.69) is 4.98 Å². The molecule has 2 aromatic heterocycles. The summed E-state index contributed by atoms with van der Waals surface area (Å²) in [5.74, 6) is -0.781. The van der Waals surface area contributed by atoms with Crippen LogP contribution in [0.1, 0.15) is 19.0 Å². The van der Waals surface area contributed by atoms with Crippen molar-refractivity contribution in [1.29, 1.82) is 0 Å². The predicted molar refractivity (Wildman–Crippen MR) is 66.3 cm³/mol. The molecule has 0 spiro atoms. The number of carbonyl (C=O) groups is 1. The number of thiazole rings is 1. The molecule has 0 aliphatic carbocycles. The average Bonchev–Trinajstić information content (AvgIpc) is 2.77. The van der Waals surface area contributed by atoms with E-state index in [-0.39, 0.29) is 0 Å². The molecule has 2 aromatic rings. The molecule has 0 aliphatic rings. The summed E-state index contributed by atoms with van der Waals surface area (Å²) in [6, 6.07) is -0.449. The molecule has 0 saturated carbocycles. The first-order valence-electron chi connectivity index (χ1n) is 5.46. The lowest BCUT2D eigenvalue weighted by Gasteiger charge is -2.22. The van der Waals surface area contributed by atoms with Crippen molar-refractivity contribution in [3.63, 3.8) is 0 Å². The number of likely N-dealkylation sites (N-methyl/N-ethyl adjacent to an activating group) is 1. The largest absolute Gasteiger partial charge is 0.480 e. The minimum atomic E-state index is -0.781. The van der Waals surface area contributed by atoms with Crippen molar-refractivity contribution < 1.29 is 9.90 Å². The maximum Gasteiger partial charge on any atom is 0.320 e. The third-order valence-corrected chi connectivity index (χ3v) is 3.53. The fourth-order valence-electron chi connectivity index (χ4n) is 1.89. The van der Waals surface area contributed by atoms with Crippen LogP contribution < -0.4 is 0 Å². The van der Waals surface area contributed by atoms with Gasteiger partial charge >= 0.3 is 5.97 Å². The van der Waals surface area contributed by atoms with Gasteiger partial charge in [0.2, 0.25) is 0 Å². The molecular weight excluding hydrogens is 238 g/mol. The molecule has 17 heavy (non-hydrogen) atoms. The number of hydrogen-bond acceptors (Lipinski definition) is 4. The highest BCUT2D eigenvalue weighted by Crippen LogP contribution is 2.14. The lowest BCUT2D eigenvalue weighted by atomic mass is 10.2. The van der Waals surface area contributed by atoms with Gasteiger partial charge in [0, 0.05) is 24.3 Å². The van der Waals surface area contributed by atoms with Crippen molar-refractivity contribution in [2.75, 3.05) is 7.05 Å². The maximum atomic E-state index is 11.0. The van der Waals surface area contributed by atoms with Crippen molar-refractivity contribution >= 4 is 22.3 Å². The van der Waals surface area contributed by atoms with E-state index >= 15 is 0 Å². The van der Waals surface area contributed by atoms with Crippen LogP contribution in [0.5, 0.6) is 0 Å². The van der Waals surface area contributed by atoms with Crippen LogP contribution in [0.2, 0.25) is 0 Å². The van der Waals surface area contributed by atoms with E-state index in [1.165, 1.54) is 0 Å². The second-order valence-electron chi connectivity index (χ2n) is 4.00. The van der Waals surface area contributed by atoms with Crippen LogP contribution in [-0.4, -0.2) is 38.4 Å². The fraction of sp³-hybridized carbons (Fsp3) is 0.455. The molecule has 1 atom stereocenters. The Labute approximate surface area is 103 Å². The van der Waals surface area contributed by atoms with E-state index < -0.39 is 12.0 Å². The summed E-state index contributed by atoms with van der Waals surface area (Å²) >= 11 is 1.57. The summed E-state index contributed by atoms with van der Waals surface area (Å²) in [4.78, 5) is 18.2. The zero-order valence-corrected chi connectivity index (χ0v) is 10.6. The van der Waals surface area contributed by atoms with E-state index in [4.69, 9.17) is 5.11 Å². The number of rotatable bonds is 5. The molecule has 1 N–H and O–H groups in total. The molecule has 1 unspecified atom stereocenters. The minimum absolute atomic E-state index is 0.449. The number of fused-ring (bicyclic) bond motifs is 1. The lowest BCUT2D eigenvalue weighted by molar-refractivity contribution is -0.143. The smallest absolute Gasteiger partial charge is 0.320 e. The molecule has 0 saturated heterocycles. The zero-order chi connectivity index (χ0) is 12.4. The predicted octanol–water partition coefficient (Wildman–Crippen LogP) is 1.69. The van der Waals surface area contributed by atoms with Crippen LogP contribution >= 0.6 is 11.3 Å². The van der Waals surface area contributed by atoms with Gasteiger partial charge in [-0.1, -0.05) is 6.92 Å². The highest BCUT2D eigenvalue weighted by atomic mass is 32.1. The SMILES string of the molecule is CCC(C(=O)O)N(C)Cc1cn2ccsc2n1. The first-order valence-corrected chi connectivity index (χ1v) is 6.34. The van der Waals surface area contributed by atoms with Crippen LogP contribution in [0.15, 0.2) is 17.8 Å². The molecular formula is C11H15N3O2S. The monoisotopic (exact) mass is 253 g/mol. The number of hydrogen-bond donors (Lipinski definition) is 1. The van der Waals surface area contributed by atoms with E-state index in [9.17, 15) is 4.79 Å². The maximum absolute atomic E-state index is 11.0. The molecule has 0 radical (unpaired) electrons. The Morgan fingerprint density at radius 3 is 3.06 bits per heavy atom. The average molecular weight is 253 g/mol. The topological polar surface area (TPSA) is 57.8 Å². The van der Waals surface area contributed by atoms with Gasteiger partial charge in [-0.05, 0) is 13.5 Å². The minimum Gasteiger partial charge on any atom is -0.480 e. The van der Waals surface area contributed by atoms with Gasteiger partial charge in [0.15, 0.2) is 4.96 Å². The molecule has 92 valence electrons. The van der Waals surface area contributed by atoms with E-state index in [0.717, 1.165) is 10.7 Å². The molecule has 0 fully saturated rings. The van der Waals surface area contributed by atoms with Crippen LogP contribution in [0.4, 0.5) is 0 Å². The van der Waals surface area contributed by atoms with Crippen LogP contribution in [-0.2, 0) is 11.3 Å². The standard InChI is InChI=1S/C11H15N3O2S/c1-3-9(10(15)16)13(2)6-8-7-14-4-5-17-11(14)12-8/h4-5,7,9H,3,6H2,1-2H3,(H,15,16). The lowest BCUT2D eigenvalue weighted by Crippen LogP contribution is -2.37. The number of carboxylic acid groups (broad SMARTS) is 1. The molecule has 2 heterocycles. The van der Waals surface area contributed by atoms with Gasteiger partial charge < -0.3 is 5.11 Å². The quantitative estimate of drug-likeness (QED) is 0.881. The van der Waals surface area contributed by atoms with Crippen molar-refractivity contribution in [2.45, 2.75) is 25.9 Å². The number of carboxylic acids is 1. The van der Waals surface area contributed by atoms with E-state index in [1.807, 2.05) is 41.0 Å². The summed E-state index contributed by atoms with van der Waals surface area (Å²) in [7, 11) is 1.82. The van der Waals surface area contributed by atoms with Gasteiger partial charge in [-0.25, -0.2) is 4.98 Å². The molecule has 2 rings (SSSR count). The Balaban J connectivity index is 2.10. The van der Waals surface area contributed by atoms with E-state index in [1.54, 1.807) is 11.3 Å².